The largest absolute Gasteiger partial charge is 0.493 e. The second-order valence-corrected chi connectivity index (χ2v) is 8.51. The molecule has 10 heteroatoms. The molecule has 0 bridgehead atoms. The van der Waals surface area contributed by atoms with Crippen molar-refractivity contribution >= 4 is 40.4 Å². The molecule has 3 N–H and O–H groups in total. The number of hydrogen-bond acceptors (Lipinski definition) is 7. The van der Waals surface area contributed by atoms with E-state index >= 15 is 0 Å². The topological polar surface area (TPSA) is 97.4 Å². The molecule has 7 nitrogen and oxygen atoms in total. The molecule has 1 unspecified atom stereocenters. The molecule has 0 amide bonds. The number of benzene rings is 1. The first-order chi connectivity index (χ1) is 15.8. The summed E-state index contributed by atoms with van der Waals surface area (Å²) in [6.07, 6.45) is 5.42. The molecule has 4 rings (SSSR count). The van der Waals surface area contributed by atoms with E-state index in [9.17, 15) is 4.39 Å². The summed E-state index contributed by atoms with van der Waals surface area (Å²) in [7, 11) is 1.48. The van der Waals surface area contributed by atoms with Crippen LogP contribution in [-0.2, 0) is 6.61 Å². The molecule has 3 heterocycles. The summed E-state index contributed by atoms with van der Waals surface area (Å²) < 4.78 is 26.0. The van der Waals surface area contributed by atoms with E-state index in [4.69, 9.17) is 43.8 Å². The lowest BCUT2D eigenvalue weighted by Crippen LogP contribution is -2.46. The van der Waals surface area contributed by atoms with Gasteiger partial charge in [-0.25, -0.2) is 9.37 Å². The summed E-state index contributed by atoms with van der Waals surface area (Å²) in [5.41, 5.74) is 7.68. The molecule has 1 aromatic carbocycles. The highest BCUT2D eigenvalue weighted by Gasteiger charge is 2.27. The summed E-state index contributed by atoms with van der Waals surface area (Å²) in [5, 5.41) is 9.35. The number of halogens is 3. The maximum absolute atomic E-state index is 14.7. The Morgan fingerprint density at radius 2 is 1.94 bits per heavy atom. The van der Waals surface area contributed by atoms with Crippen LogP contribution in [0.2, 0.25) is 10.0 Å². The fourth-order valence-electron chi connectivity index (χ4n) is 3.56. The molecule has 1 atom stereocenters. The quantitative estimate of drug-likeness (QED) is 0.353. The summed E-state index contributed by atoms with van der Waals surface area (Å²) in [5.74, 6) is 0.518. The van der Waals surface area contributed by atoms with Crippen LogP contribution < -0.4 is 20.1 Å². The molecule has 0 aliphatic carbocycles. The van der Waals surface area contributed by atoms with Crippen molar-refractivity contribution in [1.29, 1.82) is 5.41 Å². The summed E-state index contributed by atoms with van der Waals surface area (Å²) in [4.78, 5) is 10.1. The van der Waals surface area contributed by atoms with Gasteiger partial charge in [0.05, 0.1) is 22.9 Å². The Balaban J connectivity index is 1.62. The number of methoxy groups -OCH3 is 1. The Kier molecular flexibility index (Phi) is 6.58. The van der Waals surface area contributed by atoms with Crippen molar-refractivity contribution in [3.63, 3.8) is 0 Å². The lowest BCUT2D eigenvalue weighted by atomic mass is 10.0. The van der Waals surface area contributed by atoms with Gasteiger partial charge in [-0.15, -0.1) is 0 Å². The number of aromatic nitrogens is 2. The second-order valence-electron chi connectivity index (χ2n) is 7.70. The number of rotatable bonds is 7. The standard InChI is InChI=1S/C23H22Cl2FN5O2/c1-12-3-4-31(12)23-18(26)5-13(8-30-23)22(28)14-6-21(20(32-2)7-19(14)27)33-11-15-16(24)9-29-10-17(15)25/h5-10,12,28H,3-4,11,27H2,1-2H3. The minimum absolute atomic E-state index is 0.00888. The average Bonchev–Trinajstić information content (AvgIpc) is 2.79. The second kappa shape index (κ2) is 9.41. The Bertz CT molecular complexity index is 1200. The Labute approximate surface area is 200 Å². The minimum Gasteiger partial charge on any atom is -0.493 e. The zero-order valence-corrected chi connectivity index (χ0v) is 19.5. The minimum atomic E-state index is -0.477. The predicted octanol–water partition coefficient (Wildman–Crippen LogP) is 5.11. The molecule has 1 aliphatic heterocycles. The number of nitrogen functional groups attached to an aromatic ring is 1. The van der Waals surface area contributed by atoms with Crippen LogP contribution in [0, 0.1) is 11.2 Å². The number of hydrogen-bond donors (Lipinski definition) is 2. The number of pyridine rings is 2. The molecule has 1 fully saturated rings. The van der Waals surface area contributed by atoms with Gasteiger partial charge in [-0.1, -0.05) is 23.2 Å². The van der Waals surface area contributed by atoms with Crippen LogP contribution in [0.15, 0.2) is 36.8 Å². The van der Waals surface area contributed by atoms with Crippen LogP contribution in [0.25, 0.3) is 0 Å². The molecule has 0 saturated carbocycles. The third-order valence-corrected chi connectivity index (χ3v) is 6.28. The van der Waals surface area contributed by atoms with Crippen molar-refractivity contribution in [2.75, 3.05) is 24.3 Å². The van der Waals surface area contributed by atoms with Crippen LogP contribution in [0.1, 0.15) is 30.0 Å². The van der Waals surface area contributed by atoms with Gasteiger partial charge in [0.1, 0.15) is 6.61 Å². The van der Waals surface area contributed by atoms with Gasteiger partial charge in [-0.2, -0.15) is 0 Å². The summed E-state index contributed by atoms with van der Waals surface area (Å²) >= 11 is 12.3. The first-order valence-corrected chi connectivity index (χ1v) is 11.0. The van der Waals surface area contributed by atoms with E-state index in [0.29, 0.717) is 44.1 Å². The number of nitrogens with two attached hydrogens (primary N) is 1. The van der Waals surface area contributed by atoms with Gasteiger partial charge in [-0.3, -0.25) is 10.4 Å². The van der Waals surface area contributed by atoms with E-state index in [1.54, 1.807) is 12.1 Å². The van der Waals surface area contributed by atoms with Crippen molar-refractivity contribution in [1.82, 2.24) is 9.97 Å². The van der Waals surface area contributed by atoms with Crippen LogP contribution in [0.5, 0.6) is 11.5 Å². The van der Waals surface area contributed by atoms with E-state index < -0.39 is 5.82 Å². The molecule has 33 heavy (non-hydrogen) atoms. The van der Waals surface area contributed by atoms with E-state index in [-0.39, 0.29) is 24.0 Å². The van der Waals surface area contributed by atoms with Crippen molar-refractivity contribution in [2.45, 2.75) is 26.0 Å². The van der Waals surface area contributed by atoms with Crippen LogP contribution in [0.3, 0.4) is 0 Å². The lowest BCUT2D eigenvalue weighted by molar-refractivity contribution is 0.284. The van der Waals surface area contributed by atoms with Crippen molar-refractivity contribution in [3.8, 4) is 11.5 Å². The predicted molar refractivity (Wildman–Crippen MR) is 128 cm³/mol. The van der Waals surface area contributed by atoms with Gasteiger partial charge in [0.25, 0.3) is 0 Å². The molecule has 2 aromatic heterocycles. The highest BCUT2D eigenvalue weighted by molar-refractivity contribution is 6.35. The Morgan fingerprint density at radius 1 is 1.21 bits per heavy atom. The van der Waals surface area contributed by atoms with Gasteiger partial charge in [0, 0.05) is 59.6 Å². The maximum Gasteiger partial charge on any atom is 0.166 e. The Hall–Kier alpha value is -3.10. The van der Waals surface area contributed by atoms with Gasteiger partial charge >= 0.3 is 0 Å². The first kappa shape index (κ1) is 23.1. The van der Waals surface area contributed by atoms with E-state index in [0.717, 1.165) is 13.0 Å². The third kappa shape index (κ3) is 4.54. The smallest absolute Gasteiger partial charge is 0.166 e. The van der Waals surface area contributed by atoms with Gasteiger partial charge in [0.15, 0.2) is 23.1 Å². The zero-order chi connectivity index (χ0) is 23.7. The molecule has 0 radical (unpaired) electrons. The van der Waals surface area contributed by atoms with E-state index in [1.807, 2.05) is 11.8 Å². The molecule has 3 aromatic rings. The molecule has 1 aliphatic rings. The van der Waals surface area contributed by atoms with E-state index in [2.05, 4.69) is 9.97 Å². The lowest BCUT2D eigenvalue weighted by Gasteiger charge is -2.39. The van der Waals surface area contributed by atoms with Crippen molar-refractivity contribution < 1.29 is 13.9 Å². The van der Waals surface area contributed by atoms with Gasteiger partial charge < -0.3 is 20.1 Å². The number of ether oxygens (including phenoxy) is 2. The summed E-state index contributed by atoms with van der Waals surface area (Å²) in [6, 6.07) is 4.67. The zero-order valence-electron chi connectivity index (χ0n) is 18.0. The molecule has 0 spiro atoms. The first-order valence-electron chi connectivity index (χ1n) is 10.2. The van der Waals surface area contributed by atoms with Crippen molar-refractivity contribution in [2.24, 2.45) is 0 Å². The SMILES string of the molecule is COc1cc(N)c(C(=N)c2cnc(N3CCC3C)c(F)c2)cc1OCc1c(Cl)cncc1Cl. The molecular formula is C23H22Cl2FN5O2. The summed E-state index contributed by atoms with van der Waals surface area (Å²) in [6.45, 7) is 2.83. The highest BCUT2D eigenvalue weighted by atomic mass is 35.5. The number of nitrogens with one attached hydrogen (secondary N) is 1. The van der Waals surface area contributed by atoms with Crippen LogP contribution in [-0.4, -0.2) is 35.4 Å². The van der Waals surface area contributed by atoms with Gasteiger partial charge in [-0.05, 0) is 25.5 Å². The molecule has 172 valence electrons. The fraction of sp³-hybridized carbons (Fsp3) is 0.261. The average molecular weight is 490 g/mol. The monoisotopic (exact) mass is 489 g/mol. The van der Waals surface area contributed by atoms with Crippen molar-refractivity contribution in [3.05, 3.63) is 69.3 Å². The Morgan fingerprint density at radius 3 is 2.52 bits per heavy atom. The molecular weight excluding hydrogens is 468 g/mol. The molecule has 1 saturated heterocycles. The fourth-order valence-corrected chi connectivity index (χ4v) is 4.03. The van der Waals surface area contributed by atoms with Gasteiger partial charge in [0.2, 0.25) is 0 Å². The highest BCUT2D eigenvalue weighted by Crippen LogP contribution is 2.35. The third-order valence-electron chi connectivity index (χ3n) is 5.63. The van der Waals surface area contributed by atoms with E-state index in [1.165, 1.54) is 31.8 Å². The van der Waals surface area contributed by atoms with Crippen LogP contribution >= 0.6 is 23.2 Å². The number of nitrogens with zero attached hydrogens (tertiary/aromatic N) is 3. The normalized spacial score (nSPS) is 15.2. The van der Waals surface area contributed by atoms with Crippen LogP contribution in [0.4, 0.5) is 15.9 Å². The number of anilines is 2. The maximum atomic E-state index is 14.7.